The molecule has 5 atom stereocenters. The molecular formula is C27H53N7O5. The van der Waals surface area contributed by atoms with Crippen LogP contribution in [0.25, 0.3) is 0 Å². The maximum atomic E-state index is 13.5. The maximum absolute atomic E-state index is 13.5. The predicted octanol–water partition coefficient (Wildman–Crippen LogP) is -0.174. The number of hydrogen-bond donors (Lipinski definition) is 7. The number of nitrogens with zero attached hydrogens (tertiary/aromatic N) is 1. The van der Waals surface area contributed by atoms with E-state index in [-0.39, 0.29) is 24.2 Å². The van der Waals surface area contributed by atoms with Gasteiger partial charge in [0.1, 0.15) is 30.0 Å². The Hall–Kier alpha value is -1.80. The Morgan fingerprint density at radius 1 is 1.05 bits per heavy atom. The summed E-state index contributed by atoms with van der Waals surface area (Å²) in [4.78, 5) is 50.2. The molecule has 1 heterocycles. The van der Waals surface area contributed by atoms with Gasteiger partial charge in [-0.25, -0.2) is 10.4 Å². The fourth-order valence-electron chi connectivity index (χ4n) is 4.55. The lowest BCUT2D eigenvalue weighted by Gasteiger charge is -2.31. The lowest BCUT2D eigenvalue weighted by Crippen LogP contribution is -2.58. The quantitative estimate of drug-likeness (QED) is 0.0565. The molecule has 12 heteroatoms. The highest BCUT2D eigenvalue weighted by Gasteiger charge is 2.37. The summed E-state index contributed by atoms with van der Waals surface area (Å²) in [6.45, 7) is 10.3. The monoisotopic (exact) mass is 555 g/mol. The number of nitrogens with two attached hydrogens (primary N) is 2. The lowest BCUT2D eigenvalue weighted by molar-refractivity contribution is -0.141. The highest BCUT2D eigenvalue weighted by Crippen LogP contribution is 2.18. The van der Waals surface area contributed by atoms with Crippen LogP contribution < -0.4 is 32.8 Å². The van der Waals surface area contributed by atoms with Crippen molar-refractivity contribution < 1.29 is 24.3 Å². The molecule has 39 heavy (non-hydrogen) atoms. The van der Waals surface area contributed by atoms with E-state index in [9.17, 15) is 24.3 Å². The number of amides is 1. The number of carbonyl (C=O) groups excluding carboxylic acids is 4. The van der Waals surface area contributed by atoms with E-state index in [0.29, 0.717) is 64.6 Å². The number of rotatable bonds is 21. The number of nitrogens with one attached hydrogen (secondary N) is 4. The van der Waals surface area contributed by atoms with Crippen LogP contribution >= 0.6 is 0 Å². The first-order chi connectivity index (χ1) is 18.3. The third-order valence-corrected chi connectivity index (χ3v) is 7.92. The van der Waals surface area contributed by atoms with Crippen molar-refractivity contribution in [3.05, 3.63) is 0 Å². The molecule has 1 saturated heterocycles. The van der Waals surface area contributed by atoms with Crippen molar-refractivity contribution in [2.75, 3.05) is 19.6 Å². The molecule has 0 saturated carbocycles. The molecule has 1 fully saturated rings. The Morgan fingerprint density at radius 2 is 1.72 bits per heavy atom. The van der Waals surface area contributed by atoms with Crippen molar-refractivity contribution in [2.45, 2.75) is 128 Å². The summed E-state index contributed by atoms with van der Waals surface area (Å²) in [5.74, 6) is -0.738. The molecule has 1 aliphatic rings. The summed E-state index contributed by atoms with van der Waals surface area (Å²) < 4.78 is 0. The van der Waals surface area contributed by atoms with E-state index >= 15 is 0 Å². The Labute approximate surface area is 233 Å². The van der Waals surface area contributed by atoms with E-state index in [1.807, 2.05) is 13.8 Å². The molecule has 1 rings (SSSR count). The zero-order valence-corrected chi connectivity index (χ0v) is 24.6. The number of aliphatic hydroxyl groups is 1. The van der Waals surface area contributed by atoms with Gasteiger partial charge < -0.3 is 32.0 Å². The lowest BCUT2D eigenvalue weighted by atomic mass is 9.89. The Morgan fingerprint density at radius 3 is 2.28 bits per heavy atom. The first kappa shape index (κ1) is 35.2. The van der Waals surface area contributed by atoms with Crippen molar-refractivity contribution >= 4 is 23.8 Å². The number of carbonyl (C=O) groups is 4. The highest BCUT2D eigenvalue weighted by atomic mass is 16.3. The Bertz CT molecular complexity index is 794. The van der Waals surface area contributed by atoms with Crippen molar-refractivity contribution in [2.24, 2.45) is 11.5 Å². The summed E-state index contributed by atoms with van der Waals surface area (Å²) in [5.41, 5.74) is 12.1. The van der Waals surface area contributed by atoms with Gasteiger partial charge in [0.15, 0.2) is 5.78 Å². The molecule has 0 aromatic heterocycles. The molecule has 0 aromatic rings. The Balaban J connectivity index is 2.92. The van der Waals surface area contributed by atoms with E-state index in [1.54, 1.807) is 18.9 Å². The molecule has 226 valence electrons. The number of hydrazine groups is 1. The number of ketones is 2. The predicted molar refractivity (Wildman–Crippen MR) is 151 cm³/mol. The third kappa shape index (κ3) is 11.7. The van der Waals surface area contributed by atoms with Gasteiger partial charge in [-0.2, -0.15) is 0 Å². The van der Waals surface area contributed by atoms with Crippen LogP contribution in [0.5, 0.6) is 0 Å². The van der Waals surface area contributed by atoms with Gasteiger partial charge in [-0.1, -0.05) is 13.8 Å². The molecule has 9 N–H and O–H groups in total. The molecule has 12 nitrogen and oxygen atoms in total. The SMILES string of the molecule is CCC(C)(O)C(=O)C(CCCCNC(C)(CC)C(C)=O)NC(=O)[C@H](CCCNC(N)N)NN1CCC[C@H]1C=O. The van der Waals surface area contributed by atoms with Gasteiger partial charge in [-0.05, 0) is 91.6 Å². The topological polar surface area (TPSA) is 192 Å². The van der Waals surface area contributed by atoms with Crippen molar-refractivity contribution in [3.63, 3.8) is 0 Å². The summed E-state index contributed by atoms with van der Waals surface area (Å²) in [6.07, 6.45) is 5.30. The van der Waals surface area contributed by atoms with E-state index in [2.05, 4.69) is 21.4 Å². The van der Waals surface area contributed by atoms with Gasteiger partial charge in [-0.3, -0.25) is 19.7 Å². The number of aldehydes is 1. The van der Waals surface area contributed by atoms with E-state index in [0.717, 1.165) is 12.7 Å². The van der Waals surface area contributed by atoms with Crippen molar-refractivity contribution in [1.29, 1.82) is 0 Å². The van der Waals surface area contributed by atoms with E-state index in [4.69, 9.17) is 11.5 Å². The van der Waals surface area contributed by atoms with E-state index in [1.165, 1.54) is 6.92 Å². The van der Waals surface area contributed by atoms with Crippen LogP contribution in [0.3, 0.4) is 0 Å². The zero-order valence-electron chi connectivity index (χ0n) is 24.6. The first-order valence-electron chi connectivity index (χ1n) is 14.4. The van der Waals surface area contributed by atoms with Crippen LogP contribution in [0.1, 0.15) is 92.4 Å². The van der Waals surface area contributed by atoms with Gasteiger partial charge in [0.25, 0.3) is 0 Å². The third-order valence-electron chi connectivity index (χ3n) is 7.92. The average molecular weight is 556 g/mol. The second kappa shape index (κ2) is 17.1. The highest BCUT2D eigenvalue weighted by molar-refractivity contribution is 5.95. The minimum Gasteiger partial charge on any atom is -0.382 e. The van der Waals surface area contributed by atoms with Gasteiger partial charge in [0, 0.05) is 6.54 Å². The van der Waals surface area contributed by atoms with Crippen LogP contribution in [0.15, 0.2) is 0 Å². The van der Waals surface area contributed by atoms with Crippen molar-refractivity contribution in [1.82, 2.24) is 26.4 Å². The van der Waals surface area contributed by atoms with Crippen LogP contribution in [0.4, 0.5) is 0 Å². The molecule has 0 aliphatic carbocycles. The summed E-state index contributed by atoms with van der Waals surface area (Å²) in [6, 6.07) is -1.88. The normalized spacial score (nSPS) is 20.7. The average Bonchev–Trinajstić information content (AvgIpc) is 3.35. The second-order valence-corrected chi connectivity index (χ2v) is 11.1. The van der Waals surface area contributed by atoms with Crippen LogP contribution in [-0.4, -0.2) is 89.1 Å². The molecule has 0 bridgehead atoms. The number of hydrogen-bond acceptors (Lipinski definition) is 11. The molecule has 1 aliphatic heterocycles. The summed E-state index contributed by atoms with van der Waals surface area (Å²) >= 11 is 0. The molecular weight excluding hydrogens is 502 g/mol. The van der Waals surface area contributed by atoms with Crippen LogP contribution in [0.2, 0.25) is 0 Å². The van der Waals surface area contributed by atoms with Gasteiger partial charge in [-0.15, -0.1) is 0 Å². The van der Waals surface area contributed by atoms with E-state index < -0.39 is 35.3 Å². The number of Topliss-reactive ketones (excluding diaryl/α,β-unsaturated/α-hetero) is 2. The largest absolute Gasteiger partial charge is 0.382 e. The van der Waals surface area contributed by atoms with Gasteiger partial charge in [0.2, 0.25) is 5.91 Å². The fourth-order valence-corrected chi connectivity index (χ4v) is 4.55. The van der Waals surface area contributed by atoms with Gasteiger partial charge >= 0.3 is 0 Å². The molecule has 3 unspecified atom stereocenters. The smallest absolute Gasteiger partial charge is 0.239 e. The summed E-state index contributed by atoms with van der Waals surface area (Å²) in [5, 5.41) is 21.6. The molecule has 0 radical (unpaired) electrons. The fraction of sp³-hybridized carbons (Fsp3) is 0.852. The Kier molecular flexibility index (Phi) is 15.5. The van der Waals surface area contributed by atoms with Crippen molar-refractivity contribution in [3.8, 4) is 0 Å². The molecule has 1 amide bonds. The molecule has 0 spiro atoms. The standard InChI is InChI=1S/C27H53N7O5/c1-6-26(4,19(3)36)31-16-9-8-13-21(23(37)27(5,39)7-2)32-24(38)22(14-10-15-30-25(28)29)33-34-17-11-12-20(34)18-35/h18,20-22,25,30-31,33,39H,6-17,28-29H2,1-5H3,(H,32,38)/t20-,21?,22-,26?,27?/m0/s1. The minimum absolute atomic E-state index is 0.0707. The second-order valence-electron chi connectivity index (χ2n) is 11.1. The zero-order chi connectivity index (χ0) is 29.6. The molecule has 0 aromatic carbocycles. The van der Waals surface area contributed by atoms with Gasteiger partial charge in [0.05, 0.1) is 17.6 Å². The minimum atomic E-state index is -1.58. The summed E-state index contributed by atoms with van der Waals surface area (Å²) in [7, 11) is 0. The number of unbranched alkanes of at least 4 members (excludes halogenated alkanes) is 1. The van der Waals surface area contributed by atoms with Crippen LogP contribution in [0, 0.1) is 0 Å². The van der Waals surface area contributed by atoms with Crippen LogP contribution in [-0.2, 0) is 19.2 Å². The first-order valence-corrected chi connectivity index (χ1v) is 14.4. The maximum Gasteiger partial charge on any atom is 0.239 e.